The maximum Gasteiger partial charge on any atom is 0.293 e. The summed E-state index contributed by atoms with van der Waals surface area (Å²) in [5.74, 6) is 0.771. The molecule has 1 saturated heterocycles. The topological polar surface area (TPSA) is 102 Å². The van der Waals surface area contributed by atoms with Crippen molar-refractivity contribution in [2.45, 2.75) is 45.0 Å². The van der Waals surface area contributed by atoms with Crippen molar-refractivity contribution >= 4 is 17.0 Å². The molecule has 28 heavy (non-hydrogen) atoms. The zero-order valence-electron chi connectivity index (χ0n) is 16.0. The number of aromatic nitrogens is 4. The molecule has 1 aliphatic heterocycles. The van der Waals surface area contributed by atoms with Crippen LogP contribution in [0, 0.1) is 0 Å². The first kappa shape index (κ1) is 18.6. The van der Waals surface area contributed by atoms with Crippen molar-refractivity contribution in [3.63, 3.8) is 0 Å². The third-order valence-electron chi connectivity index (χ3n) is 5.32. The number of benzene rings is 1. The average molecular weight is 382 g/mol. The van der Waals surface area contributed by atoms with Gasteiger partial charge in [-0.3, -0.25) is 4.79 Å². The van der Waals surface area contributed by atoms with Crippen LogP contribution in [0.25, 0.3) is 11.0 Å². The molecule has 1 aliphatic rings. The number of piperidine rings is 1. The summed E-state index contributed by atoms with van der Waals surface area (Å²) in [4.78, 5) is 19.9. The second kappa shape index (κ2) is 7.73. The minimum Gasteiger partial charge on any atom is -0.386 e. The number of rotatable bonds is 5. The Kier molecular flexibility index (Phi) is 5.15. The zero-order chi connectivity index (χ0) is 19.7. The van der Waals surface area contributed by atoms with Crippen molar-refractivity contribution in [3.8, 4) is 0 Å². The van der Waals surface area contributed by atoms with Gasteiger partial charge in [-0.25, -0.2) is 9.67 Å². The first-order chi connectivity index (χ1) is 13.6. The van der Waals surface area contributed by atoms with Gasteiger partial charge in [-0.1, -0.05) is 30.3 Å². The maximum atomic E-state index is 13.1. The van der Waals surface area contributed by atoms with Crippen molar-refractivity contribution in [1.82, 2.24) is 19.3 Å². The minimum absolute atomic E-state index is 0.0948. The van der Waals surface area contributed by atoms with Crippen LogP contribution in [0.15, 0.2) is 41.3 Å². The standard InChI is InChI=1S/C20H26N6O2/c1-2-25-18-16(23-20(25)24-10-6-9-15(21)12-24)11-22-26(19(18)28)13-17(27)14-7-4-3-5-8-14/h3-5,7-8,11,15,17,27H,2,6,9-10,12-13,21H2,1H3. The molecule has 3 heterocycles. The molecule has 148 valence electrons. The van der Waals surface area contributed by atoms with E-state index < -0.39 is 6.10 Å². The average Bonchev–Trinajstić information content (AvgIpc) is 3.10. The van der Waals surface area contributed by atoms with Gasteiger partial charge in [0.25, 0.3) is 5.56 Å². The summed E-state index contributed by atoms with van der Waals surface area (Å²) in [6.45, 7) is 4.33. The Morgan fingerprint density at radius 2 is 2.11 bits per heavy atom. The van der Waals surface area contributed by atoms with Crippen LogP contribution in [0.3, 0.4) is 0 Å². The lowest BCUT2D eigenvalue weighted by Crippen LogP contribution is -2.44. The van der Waals surface area contributed by atoms with Crippen LogP contribution in [-0.4, -0.2) is 43.6 Å². The fraction of sp³-hybridized carbons (Fsp3) is 0.450. The van der Waals surface area contributed by atoms with Crippen LogP contribution in [0.4, 0.5) is 5.95 Å². The van der Waals surface area contributed by atoms with Gasteiger partial charge in [0, 0.05) is 25.7 Å². The van der Waals surface area contributed by atoms with Crippen molar-refractivity contribution in [2.24, 2.45) is 5.73 Å². The normalized spacial score (nSPS) is 18.5. The Bertz CT molecular complexity index is 1010. The number of hydrogen-bond acceptors (Lipinski definition) is 6. The highest BCUT2D eigenvalue weighted by atomic mass is 16.3. The van der Waals surface area contributed by atoms with Gasteiger partial charge < -0.3 is 20.3 Å². The van der Waals surface area contributed by atoms with E-state index >= 15 is 0 Å². The molecule has 0 saturated carbocycles. The lowest BCUT2D eigenvalue weighted by Gasteiger charge is -2.31. The van der Waals surface area contributed by atoms with Gasteiger partial charge >= 0.3 is 0 Å². The summed E-state index contributed by atoms with van der Waals surface area (Å²) >= 11 is 0. The van der Waals surface area contributed by atoms with E-state index in [1.165, 1.54) is 4.68 Å². The van der Waals surface area contributed by atoms with E-state index in [4.69, 9.17) is 5.73 Å². The smallest absolute Gasteiger partial charge is 0.293 e. The number of aliphatic hydroxyl groups is 1. The predicted molar refractivity (Wildman–Crippen MR) is 108 cm³/mol. The van der Waals surface area contributed by atoms with Crippen LogP contribution in [-0.2, 0) is 13.1 Å². The molecule has 3 aromatic rings. The first-order valence-electron chi connectivity index (χ1n) is 9.78. The van der Waals surface area contributed by atoms with E-state index in [0.717, 1.165) is 37.4 Å². The van der Waals surface area contributed by atoms with Crippen LogP contribution < -0.4 is 16.2 Å². The fourth-order valence-corrected chi connectivity index (χ4v) is 3.88. The summed E-state index contributed by atoms with van der Waals surface area (Å²) < 4.78 is 3.25. The predicted octanol–water partition coefficient (Wildman–Crippen LogP) is 1.27. The number of aryl methyl sites for hydroxylation is 1. The number of fused-ring (bicyclic) bond motifs is 1. The van der Waals surface area contributed by atoms with Gasteiger partial charge in [-0.2, -0.15) is 5.10 Å². The van der Waals surface area contributed by atoms with Gasteiger partial charge in [0.15, 0.2) is 0 Å². The number of imidazole rings is 1. The maximum absolute atomic E-state index is 13.1. The molecule has 0 bridgehead atoms. The van der Waals surface area contributed by atoms with Crippen LogP contribution >= 0.6 is 0 Å². The quantitative estimate of drug-likeness (QED) is 0.689. The Morgan fingerprint density at radius 1 is 1.32 bits per heavy atom. The van der Waals surface area contributed by atoms with E-state index in [9.17, 15) is 9.90 Å². The molecule has 1 fully saturated rings. The summed E-state index contributed by atoms with van der Waals surface area (Å²) in [5, 5.41) is 14.7. The molecule has 0 spiro atoms. The van der Waals surface area contributed by atoms with Gasteiger partial charge in [0.1, 0.15) is 11.0 Å². The van der Waals surface area contributed by atoms with E-state index in [0.29, 0.717) is 17.6 Å². The molecule has 8 heteroatoms. The van der Waals surface area contributed by atoms with Crippen LogP contribution in [0.1, 0.15) is 31.4 Å². The molecule has 4 rings (SSSR count). The monoisotopic (exact) mass is 382 g/mol. The number of nitrogens with zero attached hydrogens (tertiary/aromatic N) is 5. The van der Waals surface area contributed by atoms with E-state index in [-0.39, 0.29) is 18.1 Å². The molecule has 0 aliphatic carbocycles. The second-order valence-electron chi connectivity index (χ2n) is 7.30. The highest BCUT2D eigenvalue weighted by Gasteiger charge is 2.24. The van der Waals surface area contributed by atoms with Crippen LogP contribution in [0.2, 0.25) is 0 Å². The fourth-order valence-electron chi connectivity index (χ4n) is 3.88. The zero-order valence-corrected chi connectivity index (χ0v) is 16.0. The summed E-state index contributed by atoms with van der Waals surface area (Å²) in [7, 11) is 0. The van der Waals surface area contributed by atoms with Gasteiger partial charge in [0.05, 0.1) is 18.8 Å². The van der Waals surface area contributed by atoms with Gasteiger partial charge in [-0.15, -0.1) is 0 Å². The lowest BCUT2D eigenvalue weighted by molar-refractivity contribution is 0.149. The molecule has 0 radical (unpaired) electrons. The second-order valence-corrected chi connectivity index (χ2v) is 7.30. The molecule has 2 atom stereocenters. The Labute approximate surface area is 163 Å². The number of hydrogen-bond donors (Lipinski definition) is 2. The van der Waals surface area contributed by atoms with Crippen LogP contribution in [0.5, 0.6) is 0 Å². The highest BCUT2D eigenvalue weighted by Crippen LogP contribution is 2.23. The molecular weight excluding hydrogens is 356 g/mol. The lowest BCUT2D eigenvalue weighted by atomic mass is 10.1. The minimum atomic E-state index is -0.804. The molecule has 8 nitrogen and oxygen atoms in total. The molecule has 2 aromatic heterocycles. The summed E-state index contributed by atoms with van der Waals surface area (Å²) in [5.41, 5.74) is 7.74. The highest BCUT2D eigenvalue weighted by molar-refractivity contribution is 5.77. The van der Waals surface area contributed by atoms with Crippen molar-refractivity contribution < 1.29 is 5.11 Å². The summed E-state index contributed by atoms with van der Waals surface area (Å²) in [6.07, 6.45) is 2.82. The molecular formula is C20H26N6O2. The van der Waals surface area contributed by atoms with Crippen molar-refractivity contribution in [3.05, 3.63) is 52.4 Å². The Hall–Kier alpha value is -2.71. The Morgan fingerprint density at radius 3 is 2.82 bits per heavy atom. The third kappa shape index (κ3) is 3.41. The van der Waals surface area contributed by atoms with Crippen molar-refractivity contribution in [1.29, 1.82) is 0 Å². The molecule has 0 amide bonds. The number of nitrogens with two attached hydrogens (primary N) is 1. The van der Waals surface area contributed by atoms with E-state index in [2.05, 4.69) is 15.0 Å². The molecule has 3 N–H and O–H groups in total. The Balaban J connectivity index is 1.71. The van der Waals surface area contributed by atoms with Crippen molar-refractivity contribution in [2.75, 3.05) is 18.0 Å². The van der Waals surface area contributed by atoms with Gasteiger partial charge in [-0.05, 0) is 25.3 Å². The largest absolute Gasteiger partial charge is 0.386 e. The summed E-state index contributed by atoms with van der Waals surface area (Å²) in [6, 6.07) is 9.40. The first-order valence-corrected chi connectivity index (χ1v) is 9.78. The molecule has 1 aromatic carbocycles. The number of aliphatic hydroxyl groups excluding tert-OH is 1. The van der Waals surface area contributed by atoms with Gasteiger partial charge in [0.2, 0.25) is 5.95 Å². The SMILES string of the molecule is CCn1c(N2CCCC(N)C2)nc2cnn(CC(O)c3ccccc3)c(=O)c21. The number of anilines is 1. The van der Waals surface area contributed by atoms with E-state index in [1.807, 2.05) is 41.8 Å². The van der Waals surface area contributed by atoms with E-state index in [1.54, 1.807) is 6.20 Å². The molecule has 2 unspecified atom stereocenters. The third-order valence-corrected chi connectivity index (χ3v) is 5.32.